The van der Waals surface area contributed by atoms with Crippen molar-refractivity contribution in [3.8, 4) is 5.75 Å². The summed E-state index contributed by atoms with van der Waals surface area (Å²) >= 11 is 0. The van der Waals surface area contributed by atoms with E-state index in [2.05, 4.69) is 10.5 Å². The van der Waals surface area contributed by atoms with Gasteiger partial charge >= 0.3 is 0 Å². The summed E-state index contributed by atoms with van der Waals surface area (Å²) in [6.07, 6.45) is 1.46. The first-order valence-corrected chi connectivity index (χ1v) is 8.85. The number of ether oxygens (including phenoxy) is 1. The second-order valence-electron chi connectivity index (χ2n) is 5.14. The molecule has 0 atom stereocenters. The molecule has 0 aliphatic heterocycles. The molecule has 0 unspecified atom stereocenters. The van der Waals surface area contributed by atoms with Crippen molar-refractivity contribution in [3.63, 3.8) is 0 Å². The number of carbonyl (C=O) groups excluding carboxylic acids is 1. The fraction of sp³-hybridized carbons (Fsp3) is 0.176. The van der Waals surface area contributed by atoms with E-state index < -0.39 is 15.9 Å². The molecule has 0 fully saturated rings. The van der Waals surface area contributed by atoms with Gasteiger partial charge in [0.2, 0.25) is 10.0 Å². The molecule has 132 valence electrons. The number of hydrazone groups is 1. The molecule has 0 aliphatic carbocycles. The van der Waals surface area contributed by atoms with E-state index in [0.717, 1.165) is 9.87 Å². The first kappa shape index (κ1) is 18.6. The van der Waals surface area contributed by atoms with Gasteiger partial charge in [0, 0.05) is 7.05 Å². The van der Waals surface area contributed by atoms with Crippen LogP contribution in [0.2, 0.25) is 0 Å². The zero-order chi connectivity index (χ0) is 18.3. The molecule has 0 heterocycles. The third-order valence-corrected chi connectivity index (χ3v) is 5.15. The molecule has 2 rings (SSSR count). The highest BCUT2D eigenvalue weighted by Crippen LogP contribution is 2.13. The van der Waals surface area contributed by atoms with Crippen molar-refractivity contribution in [1.29, 1.82) is 0 Å². The molecule has 0 saturated carbocycles. The maximum atomic E-state index is 12.3. The van der Waals surface area contributed by atoms with Crippen molar-refractivity contribution in [2.24, 2.45) is 5.10 Å². The Balaban J connectivity index is 1.92. The predicted molar refractivity (Wildman–Crippen MR) is 95.0 cm³/mol. The number of amides is 1. The van der Waals surface area contributed by atoms with Crippen LogP contribution in [-0.2, 0) is 14.8 Å². The number of hydrogen-bond donors (Lipinski definition) is 1. The molecule has 0 bridgehead atoms. The minimum absolute atomic E-state index is 0.132. The van der Waals surface area contributed by atoms with Gasteiger partial charge in [0.1, 0.15) is 5.75 Å². The minimum atomic E-state index is -3.71. The monoisotopic (exact) mass is 361 g/mol. The van der Waals surface area contributed by atoms with E-state index in [1.165, 1.54) is 25.4 Å². The van der Waals surface area contributed by atoms with Crippen molar-refractivity contribution in [1.82, 2.24) is 9.73 Å². The number of hydrogen-bond acceptors (Lipinski definition) is 5. The Hall–Kier alpha value is -2.71. The SMILES string of the molecule is COc1ccc(/C=N\NC(=O)CN(C)S(=O)(=O)c2ccccc2)cc1. The van der Waals surface area contributed by atoms with Gasteiger partial charge < -0.3 is 4.74 Å². The molecule has 2 aromatic carbocycles. The summed E-state index contributed by atoms with van der Waals surface area (Å²) in [5, 5.41) is 3.82. The molecule has 25 heavy (non-hydrogen) atoms. The quantitative estimate of drug-likeness (QED) is 0.597. The lowest BCUT2D eigenvalue weighted by atomic mass is 10.2. The number of sulfonamides is 1. The van der Waals surface area contributed by atoms with Gasteiger partial charge in [-0.05, 0) is 42.0 Å². The van der Waals surface area contributed by atoms with E-state index in [0.29, 0.717) is 5.75 Å². The Bertz CT molecular complexity index is 834. The fourth-order valence-corrected chi connectivity index (χ4v) is 3.11. The van der Waals surface area contributed by atoms with E-state index in [1.54, 1.807) is 49.6 Å². The van der Waals surface area contributed by atoms with Crippen molar-refractivity contribution >= 4 is 22.1 Å². The van der Waals surface area contributed by atoms with Crippen LogP contribution in [0.25, 0.3) is 0 Å². The van der Waals surface area contributed by atoms with Gasteiger partial charge in [-0.15, -0.1) is 0 Å². The van der Waals surface area contributed by atoms with Gasteiger partial charge in [-0.3, -0.25) is 4.79 Å². The first-order chi connectivity index (χ1) is 11.9. The lowest BCUT2D eigenvalue weighted by molar-refractivity contribution is -0.121. The van der Waals surface area contributed by atoms with Crippen LogP contribution >= 0.6 is 0 Å². The largest absolute Gasteiger partial charge is 0.497 e. The molecule has 2 aromatic rings. The van der Waals surface area contributed by atoms with Crippen molar-refractivity contribution < 1.29 is 17.9 Å². The Morgan fingerprint density at radius 1 is 1.16 bits per heavy atom. The molecule has 7 nitrogen and oxygen atoms in total. The summed E-state index contributed by atoms with van der Waals surface area (Å²) < 4.78 is 30.7. The van der Waals surface area contributed by atoms with Crippen molar-refractivity contribution in [3.05, 3.63) is 60.2 Å². The maximum Gasteiger partial charge on any atom is 0.255 e. The average Bonchev–Trinajstić information content (AvgIpc) is 2.63. The second kappa shape index (κ2) is 8.41. The zero-order valence-corrected chi connectivity index (χ0v) is 14.7. The summed E-state index contributed by atoms with van der Waals surface area (Å²) in [7, 11) is -0.797. The third kappa shape index (κ3) is 5.13. The Morgan fingerprint density at radius 3 is 2.40 bits per heavy atom. The topological polar surface area (TPSA) is 88.1 Å². The molecule has 8 heteroatoms. The van der Waals surface area contributed by atoms with Gasteiger partial charge in [-0.1, -0.05) is 18.2 Å². The lowest BCUT2D eigenvalue weighted by Gasteiger charge is -2.15. The molecule has 0 aromatic heterocycles. The van der Waals surface area contributed by atoms with E-state index in [-0.39, 0.29) is 11.4 Å². The fourth-order valence-electron chi connectivity index (χ4n) is 1.96. The number of likely N-dealkylation sites (N-methyl/N-ethyl adjacent to an activating group) is 1. The van der Waals surface area contributed by atoms with Crippen LogP contribution in [0.3, 0.4) is 0 Å². The highest BCUT2D eigenvalue weighted by atomic mass is 32.2. The standard InChI is InChI=1S/C17H19N3O4S/c1-20(25(22,23)16-6-4-3-5-7-16)13-17(21)19-18-12-14-8-10-15(24-2)11-9-14/h3-12H,13H2,1-2H3,(H,19,21)/b18-12-. The summed E-state index contributed by atoms with van der Waals surface area (Å²) in [5.74, 6) is 0.181. The Kier molecular flexibility index (Phi) is 6.26. The number of nitrogens with one attached hydrogen (secondary N) is 1. The number of rotatable bonds is 7. The highest BCUT2D eigenvalue weighted by Gasteiger charge is 2.22. The van der Waals surface area contributed by atoms with Crippen LogP contribution in [0.5, 0.6) is 5.75 Å². The van der Waals surface area contributed by atoms with Gasteiger partial charge in [0.25, 0.3) is 5.91 Å². The summed E-state index contributed by atoms with van der Waals surface area (Å²) in [6.45, 7) is -0.336. The smallest absolute Gasteiger partial charge is 0.255 e. The minimum Gasteiger partial charge on any atom is -0.497 e. The van der Waals surface area contributed by atoms with Gasteiger partial charge in [0.15, 0.2) is 0 Å². The zero-order valence-electron chi connectivity index (χ0n) is 13.9. The van der Waals surface area contributed by atoms with Crippen LogP contribution < -0.4 is 10.2 Å². The summed E-state index contributed by atoms with van der Waals surface area (Å²) in [5.41, 5.74) is 3.08. The first-order valence-electron chi connectivity index (χ1n) is 7.41. The second-order valence-corrected chi connectivity index (χ2v) is 7.19. The van der Waals surface area contributed by atoms with Crippen LogP contribution in [0, 0.1) is 0 Å². The van der Waals surface area contributed by atoms with Crippen molar-refractivity contribution in [2.45, 2.75) is 4.90 Å². The molecule has 1 amide bonds. The summed E-state index contributed by atoms with van der Waals surface area (Å²) in [6, 6.07) is 15.0. The lowest BCUT2D eigenvalue weighted by Crippen LogP contribution is -2.36. The normalized spacial score (nSPS) is 11.6. The number of carbonyl (C=O) groups is 1. The maximum absolute atomic E-state index is 12.3. The van der Waals surface area contributed by atoms with Crippen molar-refractivity contribution in [2.75, 3.05) is 20.7 Å². The van der Waals surface area contributed by atoms with E-state index in [1.807, 2.05) is 0 Å². The van der Waals surface area contributed by atoms with Crippen LogP contribution in [0.15, 0.2) is 64.6 Å². The molecule has 0 radical (unpaired) electrons. The average molecular weight is 361 g/mol. The Morgan fingerprint density at radius 2 is 1.80 bits per heavy atom. The molecule has 0 saturated heterocycles. The molecular weight excluding hydrogens is 342 g/mol. The van der Waals surface area contributed by atoms with Crippen LogP contribution in [-0.4, -0.2) is 45.5 Å². The van der Waals surface area contributed by atoms with E-state index in [4.69, 9.17) is 4.74 Å². The summed E-state index contributed by atoms with van der Waals surface area (Å²) in [4.78, 5) is 12.0. The van der Waals surface area contributed by atoms with Gasteiger partial charge in [-0.2, -0.15) is 9.41 Å². The van der Waals surface area contributed by atoms with E-state index in [9.17, 15) is 13.2 Å². The Labute approximate surface area is 147 Å². The molecule has 1 N–H and O–H groups in total. The predicted octanol–water partition coefficient (Wildman–Crippen LogP) is 1.47. The number of benzene rings is 2. The van der Waals surface area contributed by atoms with E-state index >= 15 is 0 Å². The molecule has 0 aliphatic rings. The van der Waals surface area contributed by atoms with Gasteiger partial charge in [-0.25, -0.2) is 13.8 Å². The highest BCUT2D eigenvalue weighted by molar-refractivity contribution is 7.89. The third-order valence-electron chi connectivity index (χ3n) is 3.34. The number of nitrogens with zero attached hydrogens (tertiary/aromatic N) is 2. The van der Waals surface area contributed by atoms with Crippen LogP contribution in [0.4, 0.5) is 0 Å². The number of methoxy groups -OCH3 is 1. The van der Waals surface area contributed by atoms with Crippen LogP contribution in [0.1, 0.15) is 5.56 Å². The molecular formula is C17H19N3O4S. The molecule has 0 spiro atoms. The van der Waals surface area contributed by atoms with Gasteiger partial charge in [0.05, 0.1) is 24.8 Å².